The minimum Gasteiger partial charge on any atom is -0.374 e. The van der Waals surface area contributed by atoms with Crippen LogP contribution in [0.15, 0.2) is 18.6 Å². The smallest absolute Gasteiger partial charge is 0.374 e. The topological polar surface area (TPSA) is 72.0 Å². The molecule has 3 N–H and O–H groups in total. The molecule has 1 heterocycles. The van der Waals surface area contributed by atoms with Crippen molar-refractivity contribution in [1.29, 1.82) is 0 Å². The fourth-order valence-electron chi connectivity index (χ4n) is 0.878. The van der Waals surface area contributed by atoms with Gasteiger partial charge in [0.15, 0.2) is 0 Å². The summed E-state index contributed by atoms with van der Waals surface area (Å²) in [6.45, 7) is -0.991. The van der Waals surface area contributed by atoms with Crippen LogP contribution in [-0.2, 0) is 5.60 Å². The van der Waals surface area contributed by atoms with Gasteiger partial charge >= 0.3 is 6.18 Å². The molecule has 0 radical (unpaired) electrons. The summed E-state index contributed by atoms with van der Waals surface area (Å²) in [7, 11) is 0. The number of hydrogen-bond donors (Lipinski definition) is 2. The Morgan fingerprint density at radius 3 is 2.36 bits per heavy atom. The SMILES string of the molecule is NCC(O)(c1cnccn1)C(F)(F)F. The summed E-state index contributed by atoms with van der Waals surface area (Å²) in [5, 5.41) is 9.28. The van der Waals surface area contributed by atoms with E-state index in [0.717, 1.165) is 12.4 Å². The van der Waals surface area contributed by atoms with E-state index in [1.165, 1.54) is 6.20 Å². The third kappa shape index (κ3) is 1.68. The first-order chi connectivity index (χ1) is 6.42. The van der Waals surface area contributed by atoms with Crippen LogP contribution >= 0.6 is 0 Å². The van der Waals surface area contributed by atoms with Crippen LogP contribution < -0.4 is 5.73 Å². The Balaban J connectivity index is 3.15. The molecule has 1 unspecified atom stereocenters. The molecule has 0 saturated heterocycles. The summed E-state index contributed by atoms with van der Waals surface area (Å²) < 4.78 is 37.2. The molecule has 78 valence electrons. The van der Waals surface area contributed by atoms with E-state index >= 15 is 0 Å². The van der Waals surface area contributed by atoms with E-state index in [1.54, 1.807) is 0 Å². The van der Waals surface area contributed by atoms with Gasteiger partial charge in [-0.25, -0.2) is 0 Å². The number of rotatable bonds is 2. The van der Waals surface area contributed by atoms with Crippen molar-refractivity contribution in [2.24, 2.45) is 5.73 Å². The van der Waals surface area contributed by atoms with Gasteiger partial charge in [-0.1, -0.05) is 0 Å². The van der Waals surface area contributed by atoms with Gasteiger partial charge in [-0.05, 0) is 0 Å². The number of nitrogens with two attached hydrogens (primary N) is 1. The first-order valence-electron chi connectivity index (χ1n) is 3.67. The van der Waals surface area contributed by atoms with E-state index in [-0.39, 0.29) is 0 Å². The Morgan fingerprint density at radius 1 is 1.36 bits per heavy atom. The van der Waals surface area contributed by atoms with Gasteiger partial charge in [0.25, 0.3) is 0 Å². The summed E-state index contributed by atoms with van der Waals surface area (Å²) in [5.41, 5.74) is 1.16. The van der Waals surface area contributed by atoms with Gasteiger partial charge in [-0.15, -0.1) is 0 Å². The highest BCUT2D eigenvalue weighted by Crippen LogP contribution is 2.36. The summed E-state index contributed by atoms with van der Waals surface area (Å²) in [6, 6.07) is 0. The van der Waals surface area contributed by atoms with Crippen LogP contribution in [0.4, 0.5) is 13.2 Å². The van der Waals surface area contributed by atoms with Gasteiger partial charge in [0, 0.05) is 18.9 Å². The predicted octanol–water partition coefficient (Wildman–Crippen LogP) is 0.185. The van der Waals surface area contributed by atoms with Crippen LogP contribution in [-0.4, -0.2) is 27.8 Å². The second-order valence-electron chi connectivity index (χ2n) is 2.65. The number of aliphatic hydroxyl groups is 1. The van der Waals surface area contributed by atoms with Crippen molar-refractivity contribution in [3.05, 3.63) is 24.3 Å². The molecule has 1 atom stereocenters. The lowest BCUT2D eigenvalue weighted by Gasteiger charge is -2.27. The van der Waals surface area contributed by atoms with Gasteiger partial charge < -0.3 is 10.8 Å². The van der Waals surface area contributed by atoms with Crippen molar-refractivity contribution in [2.45, 2.75) is 11.8 Å². The third-order valence-electron chi connectivity index (χ3n) is 1.75. The van der Waals surface area contributed by atoms with Crippen LogP contribution in [0.5, 0.6) is 0 Å². The molecule has 0 amide bonds. The molecule has 14 heavy (non-hydrogen) atoms. The van der Waals surface area contributed by atoms with Crippen molar-refractivity contribution in [1.82, 2.24) is 9.97 Å². The Labute approximate surface area is 77.6 Å². The van der Waals surface area contributed by atoms with Gasteiger partial charge in [-0.2, -0.15) is 13.2 Å². The van der Waals surface area contributed by atoms with Gasteiger partial charge in [-0.3, -0.25) is 9.97 Å². The lowest BCUT2D eigenvalue weighted by Crippen LogP contribution is -2.48. The highest BCUT2D eigenvalue weighted by atomic mass is 19.4. The van der Waals surface area contributed by atoms with Gasteiger partial charge in [0.2, 0.25) is 5.60 Å². The van der Waals surface area contributed by atoms with E-state index in [0.29, 0.717) is 0 Å². The minimum absolute atomic E-state index is 0.602. The molecule has 0 fully saturated rings. The van der Waals surface area contributed by atoms with E-state index in [2.05, 4.69) is 9.97 Å². The zero-order chi connectivity index (χ0) is 10.8. The number of nitrogens with zero attached hydrogens (tertiary/aromatic N) is 2. The molecule has 0 spiro atoms. The first kappa shape index (κ1) is 10.9. The second-order valence-corrected chi connectivity index (χ2v) is 2.65. The van der Waals surface area contributed by atoms with Crippen LogP contribution in [0.3, 0.4) is 0 Å². The van der Waals surface area contributed by atoms with E-state index in [1.807, 2.05) is 0 Å². The Kier molecular flexibility index (Phi) is 2.72. The van der Waals surface area contributed by atoms with Crippen LogP contribution in [0.1, 0.15) is 5.69 Å². The van der Waals surface area contributed by atoms with Crippen molar-refractivity contribution in [3.8, 4) is 0 Å². The fraction of sp³-hybridized carbons (Fsp3) is 0.429. The molecule has 0 aliphatic carbocycles. The van der Waals surface area contributed by atoms with Gasteiger partial charge in [0.05, 0.1) is 6.20 Å². The largest absolute Gasteiger partial charge is 0.424 e. The highest BCUT2D eigenvalue weighted by molar-refractivity contribution is 5.11. The summed E-state index contributed by atoms with van der Waals surface area (Å²) >= 11 is 0. The molecule has 0 aliphatic heterocycles. The number of hydrogen-bond acceptors (Lipinski definition) is 4. The summed E-state index contributed by atoms with van der Waals surface area (Å²) in [5.74, 6) is 0. The Bertz CT molecular complexity index is 303. The van der Waals surface area contributed by atoms with E-state index < -0.39 is 24.0 Å². The quantitative estimate of drug-likeness (QED) is 0.725. The average Bonchev–Trinajstić information content (AvgIpc) is 2.16. The summed E-state index contributed by atoms with van der Waals surface area (Å²) in [6.07, 6.45) is -1.77. The molecule has 0 saturated carbocycles. The van der Waals surface area contributed by atoms with Crippen LogP contribution in [0, 0.1) is 0 Å². The van der Waals surface area contributed by atoms with E-state index in [9.17, 15) is 18.3 Å². The lowest BCUT2D eigenvalue weighted by atomic mass is 10.00. The zero-order valence-corrected chi connectivity index (χ0v) is 6.99. The lowest BCUT2D eigenvalue weighted by molar-refractivity contribution is -0.263. The maximum Gasteiger partial charge on any atom is 0.424 e. The highest BCUT2D eigenvalue weighted by Gasteiger charge is 2.55. The number of halogens is 3. The molecule has 1 aromatic heterocycles. The molecule has 1 rings (SSSR count). The van der Waals surface area contributed by atoms with E-state index in [4.69, 9.17) is 5.73 Å². The Morgan fingerprint density at radius 2 is 2.00 bits per heavy atom. The third-order valence-corrected chi connectivity index (χ3v) is 1.75. The zero-order valence-electron chi connectivity index (χ0n) is 6.99. The molecule has 7 heteroatoms. The van der Waals surface area contributed by atoms with Gasteiger partial charge in [0.1, 0.15) is 5.69 Å². The van der Waals surface area contributed by atoms with Crippen molar-refractivity contribution in [2.75, 3.05) is 6.54 Å². The standard InChI is InChI=1S/C7H8F3N3O/c8-7(9,10)6(14,4-11)5-3-12-1-2-13-5/h1-3,14H,4,11H2. The maximum atomic E-state index is 12.4. The first-order valence-corrected chi connectivity index (χ1v) is 3.67. The van der Waals surface area contributed by atoms with Crippen LogP contribution in [0.25, 0.3) is 0 Å². The van der Waals surface area contributed by atoms with Crippen molar-refractivity contribution in [3.63, 3.8) is 0 Å². The molecule has 0 aliphatic rings. The molecular weight excluding hydrogens is 199 g/mol. The van der Waals surface area contributed by atoms with Crippen LogP contribution in [0.2, 0.25) is 0 Å². The Hall–Kier alpha value is -1.21. The van der Waals surface area contributed by atoms with Crippen molar-refractivity contribution >= 4 is 0 Å². The fourth-order valence-corrected chi connectivity index (χ4v) is 0.878. The molecule has 0 aromatic carbocycles. The van der Waals surface area contributed by atoms with Crippen molar-refractivity contribution < 1.29 is 18.3 Å². The number of aromatic nitrogens is 2. The molecular formula is C7H8F3N3O. The average molecular weight is 207 g/mol. The minimum atomic E-state index is -4.86. The molecule has 4 nitrogen and oxygen atoms in total. The second kappa shape index (κ2) is 3.50. The molecule has 0 bridgehead atoms. The predicted molar refractivity (Wildman–Crippen MR) is 41.0 cm³/mol. The normalized spacial score (nSPS) is 16.4. The molecule has 1 aromatic rings. The summed E-state index contributed by atoms with van der Waals surface area (Å²) in [4.78, 5) is 6.81. The monoisotopic (exact) mass is 207 g/mol. The maximum absolute atomic E-state index is 12.4. The number of alkyl halides is 3.